The standard InChI is InChI=1S/C15H18N2O4/c1-3-14(20)16-6-4-5-15(21)17-9-11-7-10(2)12(18)8-13(11)19/h3-5,7-8,18-19H,1,6,9H2,2H3,(H,16,20)(H,17,21)/b5-4+. The van der Waals surface area contributed by atoms with Gasteiger partial charge in [0, 0.05) is 30.8 Å². The van der Waals surface area contributed by atoms with E-state index in [-0.39, 0.29) is 36.4 Å². The minimum absolute atomic E-state index is 0.000401. The lowest BCUT2D eigenvalue weighted by Crippen LogP contribution is -2.23. The molecule has 0 aliphatic carbocycles. The fraction of sp³-hybridized carbons (Fsp3) is 0.200. The predicted octanol–water partition coefficient (Wildman–Crippen LogP) is 0.881. The Labute approximate surface area is 122 Å². The van der Waals surface area contributed by atoms with Gasteiger partial charge in [0.2, 0.25) is 11.8 Å². The molecule has 0 saturated carbocycles. The molecule has 0 aliphatic rings. The molecule has 1 rings (SSSR count). The van der Waals surface area contributed by atoms with Crippen molar-refractivity contribution in [2.24, 2.45) is 0 Å². The number of rotatable bonds is 6. The Bertz CT molecular complexity index is 579. The monoisotopic (exact) mass is 290 g/mol. The van der Waals surface area contributed by atoms with Crippen LogP contribution in [0.5, 0.6) is 11.5 Å². The second-order valence-electron chi connectivity index (χ2n) is 4.34. The summed E-state index contributed by atoms with van der Waals surface area (Å²) >= 11 is 0. The maximum Gasteiger partial charge on any atom is 0.243 e. The summed E-state index contributed by atoms with van der Waals surface area (Å²) in [6.07, 6.45) is 3.93. The molecule has 6 heteroatoms. The van der Waals surface area contributed by atoms with Gasteiger partial charge in [-0.15, -0.1) is 0 Å². The molecular formula is C15H18N2O4. The number of hydrogen-bond acceptors (Lipinski definition) is 4. The van der Waals surface area contributed by atoms with Crippen LogP contribution in [0, 0.1) is 6.92 Å². The van der Waals surface area contributed by atoms with Crippen LogP contribution in [0.25, 0.3) is 0 Å². The Morgan fingerprint density at radius 3 is 2.57 bits per heavy atom. The highest BCUT2D eigenvalue weighted by Gasteiger charge is 2.06. The van der Waals surface area contributed by atoms with E-state index in [1.54, 1.807) is 13.0 Å². The zero-order valence-electron chi connectivity index (χ0n) is 11.7. The van der Waals surface area contributed by atoms with Crippen molar-refractivity contribution in [2.75, 3.05) is 6.54 Å². The van der Waals surface area contributed by atoms with Crippen LogP contribution in [-0.4, -0.2) is 28.6 Å². The highest BCUT2D eigenvalue weighted by molar-refractivity contribution is 5.88. The van der Waals surface area contributed by atoms with Crippen LogP contribution in [-0.2, 0) is 16.1 Å². The van der Waals surface area contributed by atoms with Crippen LogP contribution in [0.3, 0.4) is 0 Å². The Balaban J connectivity index is 2.46. The number of aryl methyl sites for hydroxylation is 1. The van der Waals surface area contributed by atoms with Crippen molar-refractivity contribution in [3.05, 3.63) is 48.1 Å². The molecule has 0 heterocycles. The minimum atomic E-state index is -0.354. The Morgan fingerprint density at radius 1 is 1.19 bits per heavy atom. The highest BCUT2D eigenvalue weighted by atomic mass is 16.3. The van der Waals surface area contributed by atoms with Crippen molar-refractivity contribution < 1.29 is 19.8 Å². The summed E-state index contributed by atoms with van der Waals surface area (Å²) in [5, 5.41) is 24.1. The zero-order valence-corrected chi connectivity index (χ0v) is 11.7. The fourth-order valence-corrected chi connectivity index (χ4v) is 1.53. The van der Waals surface area contributed by atoms with Crippen molar-refractivity contribution in [3.8, 4) is 11.5 Å². The van der Waals surface area contributed by atoms with Crippen LogP contribution < -0.4 is 10.6 Å². The maximum atomic E-state index is 11.5. The summed E-state index contributed by atoms with van der Waals surface area (Å²) in [6.45, 7) is 5.36. The molecule has 0 aromatic heterocycles. The summed E-state index contributed by atoms with van der Waals surface area (Å²) in [6, 6.07) is 2.83. The van der Waals surface area contributed by atoms with E-state index in [0.717, 1.165) is 6.08 Å². The molecule has 21 heavy (non-hydrogen) atoms. The molecule has 1 aromatic carbocycles. The molecule has 112 valence electrons. The van der Waals surface area contributed by atoms with Crippen LogP contribution >= 0.6 is 0 Å². The van der Waals surface area contributed by atoms with Crippen molar-refractivity contribution in [1.82, 2.24) is 10.6 Å². The minimum Gasteiger partial charge on any atom is -0.508 e. The number of carbonyl (C=O) groups is 2. The zero-order chi connectivity index (χ0) is 15.8. The average Bonchev–Trinajstić information content (AvgIpc) is 2.45. The van der Waals surface area contributed by atoms with Gasteiger partial charge in [-0.3, -0.25) is 9.59 Å². The van der Waals surface area contributed by atoms with E-state index in [1.807, 2.05) is 0 Å². The molecule has 4 N–H and O–H groups in total. The van der Waals surface area contributed by atoms with Gasteiger partial charge >= 0.3 is 0 Å². The molecule has 0 atom stereocenters. The molecule has 0 saturated heterocycles. The van der Waals surface area contributed by atoms with Crippen molar-refractivity contribution in [2.45, 2.75) is 13.5 Å². The van der Waals surface area contributed by atoms with Crippen LogP contribution in [0.1, 0.15) is 11.1 Å². The van der Waals surface area contributed by atoms with Gasteiger partial charge in [0.15, 0.2) is 0 Å². The number of amides is 2. The van der Waals surface area contributed by atoms with Gasteiger partial charge in [-0.1, -0.05) is 12.7 Å². The van der Waals surface area contributed by atoms with Gasteiger partial charge < -0.3 is 20.8 Å². The van der Waals surface area contributed by atoms with Gasteiger partial charge in [-0.05, 0) is 24.6 Å². The first-order valence-corrected chi connectivity index (χ1v) is 6.30. The first-order chi connectivity index (χ1) is 9.93. The van der Waals surface area contributed by atoms with Gasteiger partial charge in [-0.2, -0.15) is 0 Å². The van der Waals surface area contributed by atoms with Crippen LogP contribution in [0.4, 0.5) is 0 Å². The van der Waals surface area contributed by atoms with E-state index in [4.69, 9.17) is 0 Å². The lowest BCUT2D eigenvalue weighted by Gasteiger charge is -2.08. The van der Waals surface area contributed by atoms with Crippen molar-refractivity contribution in [1.29, 1.82) is 0 Å². The summed E-state index contributed by atoms with van der Waals surface area (Å²) in [7, 11) is 0. The highest BCUT2D eigenvalue weighted by Crippen LogP contribution is 2.26. The number of hydrogen-bond donors (Lipinski definition) is 4. The van der Waals surface area contributed by atoms with E-state index in [2.05, 4.69) is 17.2 Å². The third-order valence-corrected chi connectivity index (χ3v) is 2.70. The molecular weight excluding hydrogens is 272 g/mol. The van der Waals surface area contributed by atoms with Crippen molar-refractivity contribution in [3.63, 3.8) is 0 Å². The number of phenols is 2. The molecule has 2 amide bonds. The topological polar surface area (TPSA) is 98.7 Å². The summed E-state index contributed by atoms with van der Waals surface area (Å²) < 4.78 is 0. The van der Waals surface area contributed by atoms with Gasteiger partial charge in [0.05, 0.1) is 0 Å². The number of carbonyl (C=O) groups excluding carboxylic acids is 2. The molecule has 0 unspecified atom stereocenters. The third-order valence-electron chi connectivity index (χ3n) is 2.70. The smallest absolute Gasteiger partial charge is 0.243 e. The molecule has 6 nitrogen and oxygen atoms in total. The fourth-order valence-electron chi connectivity index (χ4n) is 1.53. The second kappa shape index (κ2) is 7.74. The number of aromatic hydroxyl groups is 2. The quantitative estimate of drug-likeness (QED) is 0.584. The van der Waals surface area contributed by atoms with Crippen LogP contribution in [0.2, 0.25) is 0 Å². The average molecular weight is 290 g/mol. The normalized spacial score (nSPS) is 10.3. The molecule has 0 radical (unpaired) electrons. The summed E-state index contributed by atoms with van der Waals surface area (Å²) in [5.74, 6) is -0.751. The van der Waals surface area contributed by atoms with E-state index < -0.39 is 0 Å². The van der Waals surface area contributed by atoms with E-state index in [0.29, 0.717) is 11.1 Å². The largest absolute Gasteiger partial charge is 0.508 e. The lowest BCUT2D eigenvalue weighted by molar-refractivity contribution is -0.117. The summed E-state index contributed by atoms with van der Waals surface area (Å²) in [5.41, 5.74) is 1.12. The Hall–Kier alpha value is -2.76. The first kappa shape index (κ1) is 16.3. The van der Waals surface area contributed by atoms with Crippen LogP contribution in [0.15, 0.2) is 36.9 Å². The summed E-state index contributed by atoms with van der Waals surface area (Å²) in [4.78, 5) is 22.4. The number of nitrogens with one attached hydrogen (secondary N) is 2. The van der Waals surface area contributed by atoms with Gasteiger partial charge in [-0.25, -0.2) is 0 Å². The number of benzene rings is 1. The first-order valence-electron chi connectivity index (χ1n) is 6.30. The molecule has 0 spiro atoms. The lowest BCUT2D eigenvalue weighted by atomic mass is 10.1. The van der Waals surface area contributed by atoms with E-state index in [9.17, 15) is 19.8 Å². The molecule has 1 aromatic rings. The van der Waals surface area contributed by atoms with E-state index in [1.165, 1.54) is 18.2 Å². The predicted molar refractivity (Wildman–Crippen MR) is 78.7 cm³/mol. The third kappa shape index (κ3) is 5.40. The molecule has 0 bridgehead atoms. The molecule has 0 aliphatic heterocycles. The van der Waals surface area contributed by atoms with Crippen molar-refractivity contribution >= 4 is 11.8 Å². The molecule has 0 fully saturated rings. The van der Waals surface area contributed by atoms with Gasteiger partial charge in [0.25, 0.3) is 0 Å². The second-order valence-corrected chi connectivity index (χ2v) is 4.34. The van der Waals surface area contributed by atoms with Gasteiger partial charge in [0.1, 0.15) is 11.5 Å². The maximum absolute atomic E-state index is 11.5. The number of phenolic OH excluding ortho intramolecular Hbond substituents is 2. The Kier molecular flexibility index (Phi) is 6.00. The Morgan fingerprint density at radius 2 is 1.90 bits per heavy atom. The van der Waals surface area contributed by atoms with E-state index >= 15 is 0 Å². The SMILES string of the molecule is C=CC(=O)NC/C=C/C(=O)NCc1cc(C)c(O)cc1O.